The average molecular weight is 260 g/mol. The van der Waals surface area contributed by atoms with Gasteiger partial charge in [0.1, 0.15) is 5.75 Å². The number of carbonyl (C=O) groups excluding carboxylic acids is 1. The van der Waals surface area contributed by atoms with Crippen LogP contribution in [0.2, 0.25) is 0 Å². The molecule has 0 atom stereocenters. The lowest BCUT2D eigenvalue weighted by atomic mass is 9.79. The number of hydrogen-bond donors (Lipinski definition) is 0. The fourth-order valence-electron chi connectivity index (χ4n) is 1.80. The molecule has 18 heavy (non-hydrogen) atoms. The van der Waals surface area contributed by atoms with Gasteiger partial charge >= 0.3 is 6.18 Å². The van der Waals surface area contributed by atoms with E-state index in [9.17, 15) is 18.0 Å². The standard InChI is InChI=1S/C13H15F3O2/c1-12(2,8-11(17)13(14,15)16)9-6-4-5-7-10(9)18-3/h4-7H,8H2,1-3H3. The van der Waals surface area contributed by atoms with Crippen molar-refractivity contribution >= 4 is 5.78 Å². The predicted molar refractivity (Wildman–Crippen MR) is 61.7 cm³/mol. The maximum atomic E-state index is 12.3. The molecule has 0 aliphatic carbocycles. The molecule has 100 valence electrons. The lowest BCUT2D eigenvalue weighted by molar-refractivity contribution is -0.172. The van der Waals surface area contributed by atoms with Crippen LogP contribution in [0.1, 0.15) is 25.8 Å². The quantitative estimate of drug-likeness (QED) is 0.828. The Labute approximate surface area is 104 Å². The first-order chi connectivity index (χ1) is 8.18. The average Bonchev–Trinajstić information content (AvgIpc) is 2.27. The van der Waals surface area contributed by atoms with E-state index in [2.05, 4.69) is 0 Å². The van der Waals surface area contributed by atoms with Gasteiger partial charge in [-0.1, -0.05) is 32.0 Å². The topological polar surface area (TPSA) is 26.3 Å². The Morgan fingerprint density at radius 3 is 2.28 bits per heavy atom. The summed E-state index contributed by atoms with van der Waals surface area (Å²) in [6.45, 7) is 3.18. The lowest BCUT2D eigenvalue weighted by Gasteiger charge is -2.26. The van der Waals surface area contributed by atoms with E-state index < -0.39 is 23.8 Å². The molecule has 1 aromatic carbocycles. The van der Waals surface area contributed by atoms with Gasteiger partial charge in [-0.3, -0.25) is 4.79 Å². The first-order valence-corrected chi connectivity index (χ1v) is 5.42. The van der Waals surface area contributed by atoms with Gasteiger partial charge in [-0.25, -0.2) is 0 Å². The Morgan fingerprint density at radius 1 is 1.22 bits per heavy atom. The van der Waals surface area contributed by atoms with Crippen molar-refractivity contribution in [1.82, 2.24) is 0 Å². The first-order valence-electron chi connectivity index (χ1n) is 5.42. The number of ketones is 1. The van der Waals surface area contributed by atoms with Crippen LogP contribution in [0.15, 0.2) is 24.3 Å². The summed E-state index contributed by atoms with van der Waals surface area (Å²) in [6, 6.07) is 6.76. The van der Waals surface area contributed by atoms with E-state index in [0.717, 1.165) is 0 Å². The van der Waals surface area contributed by atoms with Crippen LogP contribution in [0.5, 0.6) is 5.75 Å². The second kappa shape index (κ2) is 5.00. The molecule has 0 amide bonds. The summed E-state index contributed by atoms with van der Waals surface area (Å²) >= 11 is 0. The normalized spacial score (nSPS) is 12.3. The molecule has 5 heteroatoms. The summed E-state index contributed by atoms with van der Waals surface area (Å²) in [7, 11) is 1.44. The molecule has 1 rings (SSSR count). The SMILES string of the molecule is COc1ccccc1C(C)(C)CC(=O)C(F)(F)F. The third kappa shape index (κ3) is 3.24. The van der Waals surface area contributed by atoms with Crippen molar-refractivity contribution in [3.63, 3.8) is 0 Å². The maximum Gasteiger partial charge on any atom is 0.450 e. The molecule has 0 fully saturated rings. The number of benzene rings is 1. The van der Waals surface area contributed by atoms with Crippen LogP contribution in [-0.2, 0) is 10.2 Å². The monoisotopic (exact) mass is 260 g/mol. The molecule has 1 aromatic rings. The lowest BCUT2D eigenvalue weighted by Crippen LogP contribution is -2.31. The summed E-state index contributed by atoms with van der Waals surface area (Å²) in [6.07, 6.45) is -5.39. The molecule has 0 saturated carbocycles. The van der Waals surface area contributed by atoms with Gasteiger partial charge in [-0.2, -0.15) is 13.2 Å². The predicted octanol–water partition coefficient (Wildman–Crippen LogP) is 3.49. The van der Waals surface area contributed by atoms with E-state index in [0.29, 0.717) is 11.3 Å². The summed E-state index contributed by atoms with van der Waals surface area (Å²) < 4.78 is 42.0. The fraction of sp³-hybridized carbons (Fsp3) is 0.462. The molecule has 0 radical (unpaired) electrons. The molecule has 0 heterocycles. The van der Waals surface area contributed by atoms with Crippen molar-refractivity contribution in [2.24, 2.45) is 0 Å². The van der Waals surface area contributed by atoms with Gasteiger partial charge in [-0.05, 0) is 6.07 Å². The number of ether oxygens (including phenoxy) is 1. The van der Waals surface area contributed by atoms with Gasteiger partial charge < -0.3 is 4.74 Å². The number of hydrogen-bond acceptors (Lipinski definition) is 2. The van der Waals surface area contributed by atoms with E-state index in [1.54, 1.807) is 38.1 Å². The van der Waals surface area contributed by atoms with Gasteiger partial charge in [0.15, 0.2) is 0 Å². The van der Waals surface area contributed by atoms with Crippen LogP contribution in [0.4, 0.5) is 13.2 Å². The highest BCUT2D eigenvalue weighted by Gasteiger charge is 2.42. The van der Waals surface area contributed by atoms with E-state index in [-0.39, 0.29) is 0 Å². The number of alkyl halides is 3. The summed E-state index contributed by atoms with van der Waals surface area (Å²) in [5.41, 5.74) is -0.343. The fourth-order valence-corrected chi connectivity index (χ4v) is 1.80. The number of carbonyl (C=O) groups is 1. The van der Waals surface area contributed by atoms with Crippen molar-refractivity contribution < 1.29 is 22.7 Å². The summed E-state index contributed by atoms with van der Waals surface area (Å²) in [5.74, 6) is -1.24. The van der Waals surface area contributed by atoms with Crippen LogP contribution >= 0.6 is 0 Å². The molecule has 0 saturated heterocycles. The molecular formula is C13H15F3O2. The second-order valence-corrected chi connectivity index (χ2v) is 4.68. The highest BCUT2D eigenvalue weighted by Crippen LogP contribution is 2.36. The van der Waals surface area contributed by atoms with Crippen LogP contribution in [0.25, 0.3) is 0 Å². The zero-order valence-electron chi connectivity index (χ0n) is 10.5. The van der Waals surface area contributed by atoms with E-state index in [1.165, 1.54) is 7.11 Å². The van der Waals surface area contributed by atoms with E-state index >= 15 is 0 Å². The van der Waals surface area contributed by atoms with Crippen LogP contribution in [-0.4, -0.2) is 19.1 Å². The zero-order valence-corrected chi connectivity index (χ0v) is 10.5. The molecule has 0 aromatic heterocycles. The Bertz CT molecular complexity index is 436. The second-order valence-electron chi connectivity index (χ2n) is 4.68. The van der Waals surface area contributed by atoms with Gasteiger partial charge in [0.2, 0.25) is 5.78 Å². The molecule has 2 nitrogen and oxygen atoms in total. The molecule has 0 unspecified atom stereocenters. The van der Waals surface area contributed by atoms with Crippen molar-refractivity contribution in [3.8, 4) is 5.75 Å². The molecule has 0 aliphatic heterocycles. The van der Waals surface area contributed by atoms with Gasteiger partial charge in [0.05, 0.1) is 7.11 Å². The minimum atomic E-state index is -4.79. The Hall–Kier alpha value is -1.52. The smallest absolute Gasteiger partial charge is 0.450 e. The number of rotatable bonds is 4. The minimum Gasteiger partial charge on any atom is -0.496 e. The zero-order chi connectivity index (χ0) is 14.0. The van der Waals surface area contributed by atoms with Crippen molar-refractivity contribution in [3.05, 3.63) is 29.8 Å². The number of methoxy groups -OCH3 is 1. The number of Topliss-reactive ketones (excluding diaryl/α,β-unsaturated/α-hetero) is 1. The highest BCUT2D eigenvalue weighted by molar-refractivity contribution is 5.85. The van der Waals surface area contributed by atoms with Crippen molar-refractivity contribution in [2.45, 2.75) is 31.9 Å². The Balaban J connectivity index is 3.03. The van der Waals surface area contributed by atoms with Crippen LogP contribution < -0.4 is 4.74 Å². The minimum absolute atomic E-state index is 0.484. The molecule has 0 aliphatic rings. The summed E-state index contributed by atoms with van der Waals surface area (Å²) in [4.78, 5) is 11.1. The molecule has 0 bridgehead atoms. The van der Waals surface area contributed by atoms with Crippen molar-refractivity contribution in [1.29, 1.82) is 0 Å². The highest BCUT2D eigenvalue weighted by atomic mass is 19.4. The van der Waals surface area contributed by atoms with Crippen LogP contribution in [0, 0.1) is 0 Å². The largest absolute Gasteiger partial charge is 0.496 e. The molecular weight excluding hydrogens is 245 g/mol. The van der Waals surface area contributed by atoms with E-state index in [4.69, 9.17) is 4.74 Å². The van der Waals surface area contributed by atoms with Gasteiger partial charge in [0, 0.05) is 17.4 Å². The number of para-hydroxylation sites is 1. The Kier molecular flexibility index (Phi) is 4.04. The first kappa shape index (κ1) is 14.5. The van der Waals surface area contributed by atoms with Crippen LogP contribution in [0.3, 0.4) is 0 Å². The molecule has 0 spiro atoms. The third-order valence-corrected chi connectivity index (χ3v) is 2.75. The van der Waals surface area contributed by atoms with Crippen molar-refractivity contribution in [2.75, 3.05) is 7.11 Å². The summed E-state index contributed by atoms with van der Waals surface area (Å²) in [5, 5.41) is 0. The number of halogens is 3. The van der Waals surface area contributed by atoms with Gasteiger partial charge in [-0.15, -0.1) is 0 Å². The maximum absolute atomic E-state index is 12.3. The third-order valence-electron chi connectivity index (χ3n) is 2.75. The van der Waals surface area contributed by atoms with Gasteiger partial charge in [0.25, 0.3) is 0 Å². The van der Waals surface area contributed by atoms with E-state index in [1.807, 2.05) is 0 Å². The molecule has 0 N–H and O–H groups in total. The Morgan fingerprint density at radius 2 is 1.78 bits per heavy atom.